The molecule has 0 aromatic heterocycles. The molecule has 0 saturated heterocycles. The number of carbonyl (C=O) groups excluding carboxylic acids is 1. The maximum atomic E-state index is 13.2. The molecule has 136 valence electrons. The second-order valence-corrected chi connectivity index (χ2v) is 6.60. The van der Waals surface area contributed by atoms with E-state index in [1.807, 2.05) is 85.8 Å². The normalized spacial score (nSPS) is 13.4. The molecule has 1 amide bonds. The van der Waals surface area contributed by atoms with E-state index in [0.717, 1.165) is 28.2 Å². The number of hydrogen-bond acceptors (Lipinski definition) is 3. The lowest BCUT2D eigenvalue weighted by molar-refractivity contribution is -0.122. The Morgan fingerprint density at radius 2 is 1.41 bits per heavy atom. The summed E-state index contributed by atoms with van der Waals surface area (Å²) in [6.45, 7) is 2.21. The molecule has 0 fully saturated rings. The third-order valence-corrected chi connectivity index (χ3v) is 4.78. The van der Waals surface area contributed by atoms with Crippen molar-refractivity contribution < 1.29 is 14.3 Å². The van der Waals surface area contributed by atoms with Gasteiger partial charge in [0.2, 0.25) is 12.7 Å². The summed E-state index contributed by atoms with van der Waals surface area (Å²) >= 11 is 0. The molecule has 0 unspecified atom stereocenters. The molecule has 0 radical (unpaired) electrons. The van der Waals surface area contributed by atoms with E-state index in [2.05, 4.69) is 5.32 Å². The molecule has 4 heteroatoms. The number of carbonyl (C=O) groups is 1. The highest BCUT2D eigenvalue weighted by Gasteiger charge is 2.24. The van der Waals surface area contributed by atoms with E-state index in [4.69, 9.17) is 9.47 Å². The molecule has 3 aromatic rings. The quantitative estimate of drug-likeness (QED) is 0.733. The van der Waals surface area contributed by atoms with E-state index < -0.39 is 0 Å². The van der Waals surface area contributed by atoms with E-state index in [1.54, 1.807) is 0 Å². The van der Waals surface area contributed by atoms with Crippen LogP contribution in [0.1, 0.15) is 35.6 Å². The maximum Gasteiger partial charge on any atom is 0.232 e. The second kappa shape index (κ2) is 7.54. The van der Waals surface area contributed by atoms with Crippen molar-refractivity contribution in [3.05, 3.63) is 95.6 Å². The van der Waals surface area contributed by atoms with Gasteiger partial charge < -0.3 is 14.8 Å². The van der Waals surface area contributed by atoms with Crippen molar-refractivity contribution in [1.82, 2.24) is 5.32 Å². The van der Waals surface area contributed by atoms with E-state index in [9.17, 15) is 4.79 Å². The van der Waals surface area contributed by atoms with Crippen LogP contribution in [0.15, 0.2) is 78.9 Å². The van der Waals surface area contributed by atoms with Crippen LogP contribution in [0.4, 0.5) is 0 Å². The first-order chi connectivity index (χ1) is 13.2. The molecular weight excluding hydrogens is 338 g/mol. The minimum Gasteiger partial charge on any atom is -0.454 e. The van der Waals surface area contributed by atoms with Crippen LogP contribution in [0.3, 0.4) is 0 Å². The average molecular weight is 359 g/mol. The van der Waals surface area contributed by atoms with Gasteiger partial charge in [-0.15, -0.1) is 0 Å². The van der Waals surface area contributed by atoms with Crippen LogP contribution in [0.25, 0.3) is 0 Å². The van der Waals surface area contributed by atoms with E-state index in [0.29, 0.717) is 0 Å². The summed E-state index contributed by atoms with van der Waals surface area (Å²) in [5.41, 5.74) is 2.92. The highest BCUT2D eigenvalue weighted by atomic mass is 16.7. The summed E-state index contributed by atoms with van der Waals surface area (Å²) in [5.74, 6) is 1.07. The van der Waals surface area contributed by atoms with E-state index in [1.165, 1.54) is 0 Å². The van der Waals surface area contributed by atoms with Gasteiger partial charge in [0.15, 0.2) is 11.5 Å². The lowest BCUT2D eigenvalue weighted by atomic mass is 9.90. The van der Waals surface area contributed by atoms with Gasteiger partial charge in [-0.05, 0) is 35.7 Å². The Labute approximate surface area is 158 Å². The third kappa shape index (κ3) is 3.65. The number of nitrogens with one attached hydrogen (secondary N) is 1. The van der Waals surface area contributed by atoms with Crippen LogP contribution in [0.5, 0.6) is 11.5 Å². The minimum absolute atomic E-state index is 0.0300. The number of amides is 1. The van der Waals surface area contributed by atoms with Gasteiger partial charge in [0, 0.05) is 0 Å². The van der Waals surface area contributed by atoms with E-state index >= 15 is 0 Å². The fourth-order valence-corrected chi connectivity index (χ4v) is 3.35. The van der Waals surface area contributed by atoms with E-state index in [-0.39, 0.29) is 24.7 Å². The van der Waals surface area contributed by atoms with Gasteiger partial charge in [0.25, 0.3) is 0 Å². The van der Waals surface area contributed by atoms with Gasteiger partial charge in [-0.2, -0.15) is 0 Å². The monoisotopic (exact) mass is 359 g/mol. The standard InChI is InChI=1S/C23H21NO3/c1-16(19-12-13-20-21(14-19)27-15-26-20)24-23(25)22(17-8-4-2-5-9-17)18-10-6-3-7-11-18/h2-14,16,22H,15H2,1H3,(H,24,25)/t16-/m0/s1. The van der Waals surface area contributed by atoms with Crippen LogP contribution in [0.2, 0.25) is 0 Å². The Bertz CT molecular complexity index is 885. The van der Waals surface area contributed by atoms with Crippen LogP contribution in [-0.4, -0.2) is 12.7 Å². The Morgan fingerprint density at radius 1 is 0.815 bits per heavy atom. The molecule has 1 atom stereocenters. The molecule has 1 aliphatic heterocycles. The fraction of sp³-hybridized carbons (Fsp3) is 0.174. The van der Waals surface area contributed by atoms with Gasteiger partial charge in [-0.3, -0.25) is 4.79 Å². The summed E-state index contributed by atoms with van der Waals surface area (Å²) in [5, 5.41) is 3.15. The Morgan fingerprint density at radius 3 is 2.04 bits per heavy atom. The Balaban J connectivity index is 1.58. The number of ether oxygens (including phenoxy) is 2. The highest BCUT2D eigenvalue weighted by molar-refractivity contribution is 5.87. The second-order valence-electron chi connectivity index (χ2n) is 6.60. The summed E-state index contributed by atoms with van der Waals surface area (Å²) < 4.78 is 10.8. The topological polar surface area (TPSA) is 47.6 Å². The molecule has 0 bridgehead atoms. The SMILES string of the molecule is C[C@H](NC(=O)C(c1ccccc1)c1ccccc1)c1ccc2c(c1)OCO2. The molecule has 0 saturated carbocycles. The van der Waals surface area contributed by atoms with Crippen LogP contribution in [0, 0.1) is 0 Å². The third-order valence-electron chi connectivity index (χ3n) is 4.78. The predicted molar refractivity (Wildman–Crippen MR) is 104 cm³/mol. The maximum absolute atomic E-state index is 13.2. The van der Waals surface area contributed by atoms with Crippen molar-refractivity contribution in [3.8, 4) is 11.5 Å². The van der Waals surface area contributed by atoms with Crippen molar-refractivity contribution in [2.75, 3.05) is 6.79 Å². The van der Waals surface area contributed by atoms with Gasteiger partial charge >= 0.3 is 0 Å². The van der Waals surface area contributed by atoms with Crippen LogP contribution in [-0.2, 0) is 4.79 Å². The molecule has 3 aromatic carbocycles. The molecule has 1 heterocycles. The van der Waals surface area contributed by atoms with Crippen molar-refractivity contribution in [3.63, 3.8) is 0 Å². The molecule has 4 rings (SSSR count). The predicted octanol–water partition coefficient (Wildman–Crippen LogP) is 4.42. The van der Waals surface area contributed by atoms with Gasteiger partial charge in [0.1, 0.15) is 0 Å². The Hall–Kier alpha value is -3.27. The smallest absolute Gasteiger partial charge is 0.232 e. The molecule has 0 aliphatic carbocycles. The molecule has 1 N–H and O–H groups in total. The molecule has 27 heavy (non-hydrogen) atoms. The summed E-state index contributed by atoms with van der Waals surface area (Å²) in [6.07, 6.45) is 0. The largest absolute Gasteiger partial charge is 0.454 e. The van der Waals surface area contributed by atoms with Gasteiger partial charge in [-0.1, -0.05) is 66.7 Å². The summed E-state index contributed by atoms with van der Waals surface area (Å²) in [4.78, 5) is 13.2. The number of fused-ring (bicyclic) bond motifs is 1. The molecular formula is C23H21NO3. The minimum atomic E-state index is -0.358. The highest BCUT2D eigenvalue weighted by Crippen LogP contribution is 2.34. The zero-order valence-electron chi connectivity index (χ0n) is 15.1. The number of rotatable bonds is 5. The summed E-state index contributed by atoms with van der Waals surface area (Å²) in [7, 11) is 0. The lowest BCUT2D eigenvalue weighted by Crippen LogP contribution is -2.32. The summed E-state index contributed by atoms with van der Waals surface area (Å²) in [6, 6.07) is 25.3. The number of benzene rings is 3. The Kier molecular flexibility index (Phi) is 4.79. The zero-order valence-corrected chi connectivity index (χ0v) is 15.1. The van der Waals surface area contributed by atoms with Crippen molar-refractivity contribution in [2.24, 2.45) is 0 Å². The van der Waals surface area contributed by atoms with Crippen molar-refractivity contribution >= 4 is 5.91 Å². The first kappa shape index (κ1) is 17.2. The molecule has 1 aliphatic rings. The number of hydrogen-bond donors (Lipinski definition) is 1. The lowest BCUT2D eigenvalue weighted by Gasteiger charge is -2.21. The van der Waals surface area contributed by atoms with Gasteiger partial charge in [0.05, 0.1) is 12.0 Å². The van der Waals surface area contributed by atoms with Crippen LogP contribution < -0.4 is 14.8 Å². The average Bonchev–Trinajstić information content (AvgIpc) is 3.17. The van der Waals surface area contributed by atoms with Crippen molar-refractivity contribution in [2.45, 2.75) is 18.9 Å². The first-order valence-electron chi connectivity index (χ1n) is 9.02. The van der Waals surface area contributed by atoms with Crippen molar-refractivity contribution in [1.29, 1.82) is 0 Å². The van der Waals surface area contributed by atoms with Gasteiger partial charge in [-0.25, -0.2) is 0 Å². The first-order valence-corrected chi connectivity index (χ1v) is 9.02. The fourth-order valence-electron chi connectivity index (χ4n) is 3.35. The zero-order chi connectivity index (χ0) is 18.6. The molecule has 0 spiro atoms. The molecule has 4 nitrogen and oxygen atoms in total. The van der Waals surface area contributed by atoms with Crippen LogP contribution >= 0.6 is 0 Å².